The van der Waals surface area contributed by atoms with Gasteiger partial charge in [-0.2, -0.15) is 0 Å². The molecule has 0 saturated carbocycles. The molecule has 2 atom stereocenters. The van der Waals surface area contributed by atoms with Crippen LogP contribution in [0.3, 0.4) is 0 Å². The summed E-state index contributed by atoms with van der Waals surface area (Å²) in [5.74, 6) is 0. The summed E-state index contributed by atoms with van der Waals surface area (Å²) in [7, 11) is 2.30. The second-order valence-electron chi connectivity index (χ2n) is 3.72. The van der Waals surface area contributed by atoms with Gasteiger partial charge in [-0.25, -0.2) is 0 Å². The highest BCUT2D eigenvalue weighted by Crippen LogP contribution is 2.17. The Hall–Kier alpha value is 0.350. The zero-order valence-corrected chi connectivity index (χ0v) is 9.75. The molecule has 0 aliphatic carbocycles. The zero-order chi connectivity index (χ0) is 9.61. The predicted octanol–water partition coefficient (Wildman–Crippen LogP) is 2.78. The first-order valence-electron chi connectivity index (χ1n) is 4.51. The van der Waals surface area contributed by atoms with Crippen LogP contribution in [0.2, 0.25) is 0 Å². The van der Waals surface area contributed by atoms with E-state index in [9.17, 15) is 0 Å². The van der Waals surface area contributed by atoms with Crippen LogP contribution in [0.4, 0.5) is 0 Å². The lowest BCUT2D eigenvalue weighted by molar-refractivity contribution is 0.0223. The molecule has 0 spiro atoms. The van der Waals surface area contributed by atoms with E-state index in [4.69, 9.17) is 9.26 Å². The van der Waals surface area contributed by atoms with Gasteiger partial charge in [-0.05, 0) is 33.6 Å². The third kappa shape index (κ3) is 5.93. The molecular weight excluding hydrogens is 171 g/mol. The van der Waals surface area contributed by atoms with Gasteiger partial charge in [-0.1, -0.05) is 6.92 Å². The fourth-order valence-electron chi connectivity index (χ4n) is 0.683. The van der Waals surface area contributed by atoms with Crippen LogP contribution >= 0.6 is 9.47 Å². The third-order valence-electron chi connectivity index (χ3n) is 2.00. The summed E-state index contributed by atoms with van der Waals surface area (Å²) in [4.78, 5) is 0. The molecule has 0 rings (SSSR count). The molecule has 0 aliphatic rings. The average molecular weight is 192 g/mol. The van der Waals surface area contributed by atoms with Crippen LogP contribution in [-0.2, 0) is 9.26 Å². The third-order valence-corrected chi connectivity index (χ3v) is 2.64. The maximum Gasteiger partial charge on any atom is 0.0684 e. The lowest BCUT2D eigenvalue weighted by Gasteiger charge is -2.23. The van der Waals surface area contributed by atoms with Crippen molar-refractivity contribution in [1.82, 2.24) is 0 Å². The molecule has 0 fully saturated rings. The first-order chi connectivity index (χ1) is 5.52. The highest BCUT2D eigenvalue weighted by molar-refractivity contribution is 7.09. The van der Waals surface area contributed by atoms with Gasteiger partial charge >= 0.3 is 0 Å². The molecule has 0 heterocycles. The van der Waals surface area contributed by atoms with Gasteiger partial charge < -0.3 is 9.26 Å². The van der Waals surface area contributed by atoms with Crippen molar-refractivity contribution in [2.75, 3.05) is 6.61 Å². The van der Waals surface area contributed by atoms with Gasteiger partial charge in [0.1, 0.15) is 0 Å². The summed E-state index contributed by atoms with van der Waals surface area (Å²) < 4.78 is 10.7. The number of rotatable bonds is 6. The summed E-state index contributed by atoms with van der Waals surface area (Å²) in [6.07, 6.45) is 2.37. The zero-order valence-electron chi connectivity index (χ0n) is 8.59. The van der Waals surface area contributed by atoms with Gasteiger partial charge in [0.05, 0.1) is 11.7 Å². The minimum atomic E-state index is -0.0852. The van der Waals surface area contributed by atoms with Crippen molar-refractivity contribution in [1.29, 1.82) is 0 Å². The van der Waals surface area contributed by atoms with Crippen molar-refractivity contribution in [2.45, 2.75) is 52.2 Å². The van der Waals surface area contributed by atoms with Gasteiger partial charge in [0.25, 0.3) is 0 Å². The van der Waals surface area contributed by atoms with E-state index in [1.165, 1.54) is 0 Å². The Bertz CT molecular complexity index is 115. The molecule has 0 aromatic carbocycles. The lowest BCUT2D eigenvalue weighted by Crippen LogP contribution is -2.23. The first kappa shape index (κ1) is 12.3. The molecular formula is C9H21O2P. The van der Waals surface area contributed by atoms with Gasteiger partial charge in [-0.15, -0.1) is 0 Å². The molecule has 0 aliphatic heterocycles. The molecule has 0 bridgehead atoms. The second-order valence-corrected chi connectivity index (χ2v) is 3.95. The molecule has 2 nitrogen and oxygen atoms in total. The second kappa shape index (κ2) is 5.90. The van der Waals surface area contributed by atoms with Crippen LogP contribution in [-0.4, -0.2) is 18.3 Å². The fraction of sp³-hybridized carbons (Fsp3) is 1.00. The van der Waals surface area contributed by atoms with Crippen LogP contribution in [0.15, 0.2) is 0 Å². The van der Waals surface area contributed by atoms with Crippen LogP contribution in [0.25, 0.3) is 0 Å². The number of hydrogen-bond acceptors (Lipinski definition) is 2. The fourth-order valence-corrected chi connectivity index (χ4v) is 0.801. The quantitative estimate of drug-likeness (QED) is 0.602. The Morgan fingerprint density at radius 1 is 1.42 bits per heavy atom. The molecule has 0 aromatic rings. The molecule has 3 heteroatoms. The predicted molar refractivity (Wildman–Crippen MR) is 55.2 cm³/mol. The summed E-state index contributed by atoms with van der Waals surface area (Å²) in [5.41, 5.74) is -0.0852. The van der Waals surface area contributed by atoms with E-state index in [0.717, 1.165) is 19.4 Å². The van der Waals surface area contributed by atoms with Crippen LogP contribution < -0.4 is 0 Å². The number of ether oxygens (including phenoxy) is 1. The molecule has 0 saturated heterocycles. The summed E-state index contributed by atoms with van der Waals surface area (Å²) in [6, 6.07) is 0. The minimum Gasteiger partial charge on any atom is -0.378 e. The van der Waals surface area contributed by atoms with Crippen molar-refractivity contribution < 1.29 is 9.26 Å². The van der Waals surface area contributed by atoms with E-state index in [0.29, 0.717) is 6.10 Å². The minimum absolute atomic E-state index is 0.0852. The smallest absolute Gasteiger partial charge is 0.0684 e. The SMILES string of the molecule is CCC(C)OCCC(C)(C)OP. The Balaban J connectivity index is 3.42. The van der Waals surface area contributed by atoms with Crippen molar-refractivity contribution in [2.24, 2.45) is 0 Å². The van der Waals surface area contributed by atoms with Crippen molar-refractivity contribution in [3.8, 4) is 0 Å². The Morgan fingerprint density at radius 3 is 2.42 bits per heavy atom. The van der Waals surface area contributed by atoms with Gasteiger partial charge in [0.15, 0.2) is 0 Å². The highest BCUT2D eigenvalue weighted by Gasteiger charge is 2.16. The molecule has 12 heavy (non-hydrogen) atoms. The van der Waals surface area contributed by atoms with Crippen LogP contribution in [0.5, 0.6) is 0 Å². The summed E-state index contributed by atoms with van der Waals surface area (Å²) >= 11 is 0. The topological polar surface area (TPSA) is 18.5 Å². The van der Waals surface area contributed by atoms with Crippen LogP contribution in [0, 0.1) is 0 Å². The average Bonchev–Trinajstić information content (AvgIpc) is 2.04. The van der Waals surface area contributed by atoms with Gasteiger partial charge in [-0.3, -0.25) is 0 Å². The molecule has 0 aromatic heterocycles. The maximum atomic E-state index is 5.54. The summed E-state index contributed by atoms with van der Waals surface area (Å²) in [5, 5.41) is 0. The van der Waals surface area contributed by atoms with Crippen molar-refractivity contribution in [3.63, 3.8) is 0 Å². The van der Waals surface area contributed by atoms with E-state index < -0.39 is 0 Å². The molecule has 74 valence electrons. The maximum absolute atomic E-state index is 5.54. The Labute approximate surface area is 78.3 Å². The lowest BCUT2D eigenvalue weighted by atomic mass is 10.1. The monoisotopic (exact) mass is 192 g/mol. The standard InChI is InChI=1S/C9H21O2P/c1-5-8(2)10-7-6-9(3,4)11-12/h8H,5-7,12H2,1-4H3. The molecule has 0 amide bonds. The largest absolute Gasteiger partial charge is 0.378 e. The van der Waals surface area contributed by atoms with Crippen molar-refractivity contribution in [3.05, 3.63) is 0 Å². The van der Waals surface area contributed by atoms with Crippen molar-refractivity contribution >= 4 is 9.47 Å². The first-order valence-corrected chi connectivity index (χ1v) is 4.98. The normalized spacial score (nSPS) is 14.8. The number of hydrogen-bond donors (Lipinski definition) is 0. The summed E-state index contributed by atoms with van der Waals surface area (Å²) in [6.45, 7) is 9.10. The van der Waals surface area contributed by atoms with E-state index in [-0.39, 0.29) is 5.60 Å². The van der Waals surface area contributed by atoms with Crippen LogP contribution in [0.1, 0.15) is 40.5 Å². The molecule has 0 radical (unpaired) electrons. The molecule has 2 unspecified atom stereocenters. The van der Waals surface area contributed by atoms with E-state index in [1.54, 1.807) is 0 Å². The van der Waals surface area contributed by atoms with E-state index >= 15 is 0 Å². The highest BCUT2D eigenvalue weighted by atomic mass is 31.0. The Morgan fingerprint density at radius 2 is 2.00 bits per heavy atom. The van der Waals surface area contributed by atoms with E-state index in [1.807, 2.05) is 0 Å². The van der Waals surface area contributed by atoms with Gasteiger partial charge in [0.2, 0.25) is 0 Å². The Kier molecular flexibility index (Phi) is 6.08. The van der Waals surface area contributed by atoms with E-state index in [2.05, 4.69) is 37.2 Å². The van der Waals surface area contributed by atoms with Gasteiger partial charge in [0, 0.05) is 16.1 Å². The molecule has 0 N–H and O–H groups in total.